The van der Waals surface area contributed by atoms with Crippen molar-refractivity contribution < 1.29 is 23.0 Å². The van der Waals surface area contributed by atoms with Crippen molar-refractivity contribution in [1.82, 2.24) is 9.88 Å². The number of guanidine groups is 1. The van der Waals surface area contributed by atoms with E-state index >= 15 is 0 Å². The van der Waals surface area contributed by atoms with Gasteiger partial charge in [0.05, 0.1) is 13.2 Å². The van der Waals surface area contributed by atoms with Crippen LogP contribution in [-0.4, -0.2) is 42.0 Å². The molecule has 7 nitrogen and oxygen atoms in total. The van der Waals surface area contributed by atoms with E-state index in [0.717, 1.165) is 5.56 Å². The van der Waals surface area contributed by atoms with Gasteiger partial charge in [-0.05, 0) is 49.7 Å². The van der Waals surface area contributed by atoms with Gasteiger partial charge < -0.3 is 15.2 Å². The fourth-order valence-electron chi connectivity index (χ4n) is 3.29. The summed E-state index contributed by atoms with van der Waals surface area (Å²) in [7, 11) is 1.61. The first-order valence-electron chi connectivity index (χ1n) is 10.7. The maximum absolute atomic E-state index is 13.3. The monoisotopic (exact) mass is 468 g/mol. The molecule has 0 spiro atoms. The van der Waals surface area contributed by atoms with Crippen LogP contribution in [-0.2, 0) is 4.79 Å². The Morgan fingerprint density at radius 3 is 2.26 bits per heavy atom. The summed E-state index contributed by atoms with van der Waals surface area (Å²) in [6, 6.07) is 13.9. The number of amides is 1. The van der Waals surface area contributed by atoms with Gasteiger partial charge in [-0.25, -0.2) is 14.4 Å². The SMILES string of the molecule is CCOc1ccc(C2N=C(N)N(C)C2=O)cc1OCC.Fc1ccccc1-c1cccnc1F. The molecule has 3 aromatic rings. The highest BCUT2D eigenvalue weighted by Gasteiger charge is 2.32. The van der Waals surface area contributed by atoms with Gasteiger partial charge in [-0.2, -0.15) is 4.39 Å². The number of ether oxygens (including phenoxy) is 2. The van der Waals surface area contributed by atoms with E-state index in [1.54, 1.807) is 37.4 Å². The maximum atomic E-state index is 13.3. The largest absolute Gasteiger partial charge is 0.490 e. The van der Waals surface area contributed by atoms with Gasteiger partial charge >= 0.3 is 0 Å². The van der Waals surface area contributed by atoms with Crippen molar-refractivity contribution in [3.05, 3.63) is 78.1 Å². The molecule has 1 amide bonds. The number of hydrogen-bond donors (Lipinski definition) is 1. The predicted octanol–water partition coefficient (Wildman–Crippen LogP) is 4.34. The molecule has 1 aromatic heterocycles. The number of halogens is 2. The van der Waals surface area contributed by atoms with Crippen molar-refractivity contribution in [2.75, 3.05) is 20.3 Å². The lowest BCUT2D eigenvalue weighted by molar-refractivity contribution is -0.126. The van der Waals surface area contributed by atoms with Crippen LogP contribution >= 0.6 is 0 Å². The number of aromatic nitrogens is 1. The summed E-state index contributed by atoms with van der Waals surface area (Å²) in [5.41, 5.74) is 6.83. The molecule has 2 aromatic carbocycles. The fourth-order valence-corrected chi connectivity index (χ4v) is 3.29. The number of nitrogens with zero attached hydrogens (tertiary/aromatic N) is 3. The van der Waals surface area contributed by atoms with Crippen LogP contribution in [0.15, 0.2) is 65.8 Å². The summed E-state index contributed by atoms with van der Waals surface area (Å²) in [5.74, 6) is 0.259. The maximum Gasteiger partial charge on any atom is 0.258 e. The Morgan fingerprint density at radius 2 is 1.65 bits per heavy atom. The summed E-state index contributed by atoms with van der Waals surface area (Å²) in [5, 5.41) is 0. The molecule has 1 aliphatic rings. The minimum absolute atomic E-state index is 0.144. The Labute approximate surface area is 196 Å². The molecule has 34 heavy (non-hydrogen) atoms. The molecule has 2 heterocycles. The van der Waals surface area contributed by atoms with Crippen LogP contribution in [0.25, 0.3) is 11.1 Å². The van der Waals surface area contributed by atoms with Gasteiger partial charge in [0.2, 0.25) is 5.95 Å². The average Bonchev–Trinajstić information content (AvgIpc) is 3.09. The fraction of sp³-hybridized carbons (Fsp3) is 0.240. The summed E-state index contributed by atoms with van der Waals surface area (Å²) in [4.78, 5) is 21.0. The smallest absolute Gasteiger partial charge is 0.258 e. The number of likely N-dealkylation sites (N-methyl/N-ethyl adjacent to an activating group) is 1. The van der Waals surface area contributed by atoms with E-state index < -0.39 is 17.8 Å². The lowest BCUT2D eigenvalue weighted by Gasteiger charge is -2.14. The zero-order chi connectivity index (χ0) is 24.7. The third-order valence-corrected chi connectivity index (χ3v) is 4.98. The van der Waals surface area contributed by atoms with Crippen molar-refractivity contribution >= 4 is 11.9 Å². The summed E-state index contributed by atoms with van der Waals surface area (Å²) < 4.78 is 37.5. The standard InChI is InChI=1S/C14H19N3O3.C11H7F2N/c1-4-19-10-7-6-9(8-11(10)20-5-2)12-13(18)17(3)14(15)16-12;12-10-6-2-1-4-8(10)9-5-3-7-14-11(9)13/h6-8,12H,4-5H2,1-3H3,(H2,15,16);1-7H. The highest BCUT2D eigenvalue weighted by Crippen LogP contribution is 2.33. The second kappa shape index (κ2) is 11.2. The van der Waals surface area contributed by atoms with E-state index in [1.807, 2.05) is 19.9 Å². The molecule has 1 atom stereocenters. The molecular formula is C25H26F2N4O3. The van der Waals surface area contributed by atoms with Gasteiger partial charge in [0.25, 0.3) is 5.91 Å². The highest BCUT2D eigenvalue weighted by atomic mass is 19.1. The number of hydrogen-bond acceptors (Lipinski definition) is 6. The zero-order valence-electron chi connectivity index (χ0n) is 19.2. The minimum atomic E-state index is -0.655. The van der Waals surface area contributed by atoms with E-state index in [2.05, 4.69) is 9.98 Å². The van der Waals surface area contributed by atoms with Crippen LogP contribution in [0.1, 0.15) is 25.5 Å². The Balaban J connectivity index is 0.000000202. The van der Waals surface area contributed by atoms with Gasteiger partial charge in [0, 0.05) is 24.4 Å². The van der Waals surface area contributed by atoms with Crippen LogP contribution in [0.5, 0.6) is 11.5 Å². The third kappa shape index (κ3) is 5.48. The number of aliphatic imine (C=N–C) groups is 1. The van der Waals surface area contributed by atoms with Crippen molar-refractivity contribution in [2.24, 2.45) is 10.7 Å². The molecule has 4 rings (SSSR count). The molecule has 0 saturated carbocycles. The van der Waals surface area contributed by atoms with Gasteiger partial charge in [-0.15, -0.1) is 0 Å². The highest BCUT2D eigenvalue weighted by molar-refractivity contribution is 6.04. The Morgan fingerprint density at radius 1 is 0.971 bits per heavy atom. The number of benzene rings is 2. The van der Waals surface area contributed by atoms with Gasteiger partial charge in [-0.1, -0.05) is 24.3 Å². The summed E-state index contributed by atoms with van der Waals surface area (Å²) in [6.45, 7) is 4.88. The molecule has 0 saturated heterocycles. The summed E-state index contributed by atoms with van der Waals surface area (Å²) in [6.07, 6.45) is 1.33. The first-order valence-corrected chi connectivity index (χ1v) is 10.7. The minimum Gasteiger partial charge on any atom is -0.490 e. The number of carbonyl (C=O) groups is 1. The second-order valence-corrected chi connectivity index (χ2v) is 7.18. The molecule has 2 N–H and O–H groups in total. The average molecular weight is 469 g/mol. The quantitative estimate of drug-likeness (QED) is 0.544. The van der Waals surface area contributed by atoms with Crippen molar-refractivity contribution in [3.8, 4) is 22.6 Å². The van der Waals surface area contributed by atoms with Crippen LogP contribution in [0.4, 0.5) is 8.78 Å². The normalized spacial score (nSPS) is 14.9. The van der Waals surface area contributed by atoms with E-state index in [-0.39, 0.29) is 23.0 Å². The number of rotatable bonds is 6. The first kappa shape index (κ1) is 24.6. The van der Waals surface area contributed by atoms with Crippen molar-refractivity contribution in [3.63, 3.8) is 0 Å². The van der Waals surface area contributed by atoms with Crippen LogP contribution in [0, 0.1) is 11.8 Å². The molecule has 9 heteroatoms. The van der Waals surface area contributed by atoms with Gasteiger partial charge in [0.1, 0.15) is 5.82 Å². The molecule has 0 fully saturated rings. The van der Waals surface area contributed by atoms with Crippen molar-refractivity contribution in [2.45, 2.75) is 19.9 Å². The molecule has 1 aliphatic heterocycles. The second-order valence-electron chi connectivity index (χ2n) is 7.18. The van der Waals surface area contributed by atoms with Crippen molar-refractivity contribution in [1.29, 1.82) is 0 Å². The number of nitrogens with two attached hydrogens (primary N) is 1. The lowest BCUT2D eigenvalue weighted by Crippen LogP contribution is -2.34. The lowest BCUT2D eigenvalue weighted by atomic mass is 10.1. The first-order chi connectivity index (χ1) is 16.4. The Bertz CT molecular complexity index is 1140. The molecular weight excluding hydrogens is 442 g/mol. The van der Waals surface area contributed by atoms with Crippen LogP contribution in [0.2, 0.25) is 0 Å². The van der Waals surface area contributed by atoms with E-state index in [4.69, 9.17) is 15.2 Å². The number of carbonyl (C=O) groups excluding carboxylic acids is 1. The summed E-state index contributed by atoms with van der Waals surface area (Å²) >= 11 is 0. The topological polar surface area (TPSA) is 90.0 Å². The van der Waals surface area contributed by atoms with Crippen LogP contribution in [0.3, 0.4) is 0 Å². The molecule has 1 unspecified atom stereocenters. The molecule has 178 valence electrons. The zero-order valence-corrected chi connectivity index (χ0v) is 19.2. The van der Waals surface area contributed by atoms with E-state index in [1.165, 1.54) is 29.3 Å². The molecule has 0 radical (unpaired) electrons. The molecule has 0 aliphatic carbocycles. The van der Waals surface area contributed by atoms with Crippen LogP contribution < -0.4 is 15.2 Å². The Hall–Kier alpha value is -4.01. The third-order valence-electron chi connectivity index (χ3n) is 4.98. The number of pyridine rings is 1. The Kier molecular flexibility index (Phi) is 8.13. The predicted molar refractivity (Wildman–Crippen MR) is 126 cm³/mol. The van der Waals surface area contributed by atoms with Gasteiger partial charge in [-0.3, -0.25) is 9.69 Å². The van der Waals surface area contributed by atoms with E-state index in [9.17, 15) is 13.6 Å². The van der Waals surface area contributed by atoms with E-state index in [0.29, 0.717) is 24.7 Å². The van der Waals surface area contributed by atoms with Gasteiger partial charge in [0.15, 0.2) is 23.5 Å². The molecule has 0 bridgehead atoms.